The zero-order chi connectivity index (χ0) is 26.7. The molecule has 4 rings (SSSR count). The van der Waals surface area contributed by atoms with Crippen molar-refractivity contribution in [2.45, 2.75) is 24.8 Å². The normalized spacial score (nSPS) is 23.2. The summed E-state index contributed by atoms with van der Waals surface area (Å²) in [6, 6.07) is 1.23. The number of rotatable bonds is 7. The smallest absolute Gasteiger partial charge is 0.377 e. The quantitative estimate of drug-likeness (QED) is 0.530. The number of hydrogen-bond donors (Lipinski definition) is 2. The molecule has 0 spiro atoms. The molecule has 8 nitrogen and oxygen atoms in total. The second kappa shape index (κ2) is 11.1. The molecule has 3 N–H and O–H groups in total. The van der Waals surface area contributed by atoms with Crippen LogP contribution in [-0.2, 0) is 15.7 Å². The molecule has 0 radical (unpaired) electrons. The van der Waals surface area contributed by atoms with Gasteiger partial charge in [-0.1, -0.05) is 6.07 Å². The lowest BCUT2D eigenvalue weighted by Crippen LogP contribution is -2.46. The molecule has 2 aromatic rings. The van der Waals surface area contributed by atoms with Crippen molar-refractivity contribution in [1.82, 2.24) is 14.9 Å². The Morgan fingerprint density at radius 2 is 2.00 bits per heavy atom. The van der Waals surface area contributed by atoms with Gasteiger partial charge in [0.15, 0.2) is 11.6 Å². The van der Waals surface area contributed by atoms with Crippen molar-refractivity contribution in [2.75, 3.05) is 56.2 Å². The van der Waals surface area contributed by atoms with E-state index >= 15 is 4.39 Å². The van der Waals surface area contributed by atoms with Crippen molar-refractivity contribution < 1.29 is 35.9 Å². The Morgan fingerprint density at radius 1 is 1.22 bits per heavy atom. The minimum absolute atomic E-state index is 0.0287. The zero-order valence-electron chi connectivity index (χ0n) is 19.6. The van der Waals surface area contributed by atoms with Crippen LogP contribution in [0.15, 0.2) is 24.5 Å². The summed E-state index contributed by atoms with van der Waals surface area (Å²) in [5.74, 6) is -3.33. The molecule has 2 fully saturated rings. The Hall–Kier alpha value is -3.13. The van der Waals surface area contributed by atoms with Crippen LogP contribution in [0.2, 0.25) is 0 Å². The largest absolute Gasteiger partial charge is 0.416 e. The Labute approximate surface area is 208 Å². The number of likely N-dealkylation sites (tertiary alicyclic amines) is 1. The van der Waals surface area contributed by atoms with Crippen LogP contribution >= 0.6 is 0 Å². The Bertz CT molecular complexity index is 1120. The second-order valence-electron chi connectivity index (χ2n) is 9.03. The first kappa shape index (κ1) is 26.9. The van der Waals surface area contributed by atoms with Gasteiger partial charge in [0.1, 0.15) is 18.3 Å². The van der Waals surface area contributed by atoms with E-state index in [0.29, 0.717) is 19.0 Å². The molecule has 0 bridgehead atoms. The predicted octanol–water partition coefficient (Wildman–Crippen LogP) is 2.91. The number of amides is 1. The summed E-state index contributed by atoms with van der Waals surface area (Å²) in [6.07, 6.45) is -4.46. The van der Waals surface area contributed by atoms with Gasteiger partial charge in [-0.05, 0) is 25.1 Å². The lowest BCUT2D eigenvalue weighted by molar-refractivity contribution is -0.137. The number of nitrogens with zero attached hydrogens (tertiary/aromatic N) is 4. The van der Waals surface area contributed by atoms with Crippen molar-refractivity contribution in [3.05, 3.63) is 47.3 Å². The summed E-state index contributed by atoms with van der Waals surface area (Å²) in [6.45, 7) is 0.690. The number of carbonyl (C=O) groups is 1. The topological polar surface area (TPSA) is 96.6 Å². The average molecular weight is 532 g/mol. The van der Waals surface area contributed by atoms with Crippen LogP contribution in [0.3, 0.4) is 0 Å². The first-order chi connectivity index (χ1) is 17.5. The van der Waals surface area contributed by atoms with Gasteiger partial charge in [-0.3, -0.25) is 9.69 Å². The molecular formula is C23H26F6N6O2. The van der Waals surface area contributed by atoms with Crippen molar-refractivity contribution in [2.24, 2.45) is 11.7 Å². The molecule has 3 atom stereocenters. The third-order valence-corrected chi connectivity index (χ3v) is 6.53. The van der Waals surface area contributed by atoms with E-state index in [-0.39, 0.29) is 56.6 Å². The van der Waals surface area contributed by atoms with Crippen LogP contribution in [0.1, 0.15) is 23.6 Å². The van der Waals surface area contributed by atoms with Crippen LogP contribution in [0.4, 0.5) is 38.0 Å². The summed E-state index contributed by atoms with van der Waals surface area (Å²) in [5, 5.41) is 2.80. The van der Waals surface area contributed by atoms with Gasteiger partial charge in [0, 0.05) is 31.1 Å². The van der Waals surface area contributed by atoms with Gasteiger partial charge in [-0.15, -0.1) is 0 Å². The summed E-state index contributed by atoms with van der Waals surface area (Å²) in [5.41, 5.74) is 3.93. The molecule has 14 heteroatoms. The van der Waals surface area contributed by atoms with Gasteiger partial charge in [-0.2, -0.15) is 17.6 Å². The van der Waals surface area contributed by atoms with Crippen LogP contribution < -0.4 is 16.0 Å². The van der Waals surface area contributed by atoms with E-state index in [1.54, 1.807) is 4.90 Å². The molecule has 37 heavy (non-hydrogen) atoms. The van der Waals surface area contributed by atoms with Gasteiger partial charge < -0.3 is 20.7 Å². The molecule has 202 valence electrons. The number of aromatic nitrogens is 2. The van der Waals surface area contributed by atoms with Crippen molar-refractivity contribution >= 4 is 17.5 Å². The molecule has 1 amide bonds. The standard InChI is InChI=1S/C23H26F6N6O2/c24-16-7-14(23(27,28)29)1-2-15(16)18-11-37-6-5-35(18)22-20(26)21(32-12-33-22)31-8-13-3-4-34(9-17(13)25)10-19(30)36/h1-2,7,12-13,17-18H,3-6,8-11H2,(H2,30,36)(H,31,32,33). The average Bonchev–Trinajstić information content (AvgIpc) is 2.83. The van der Waals surface area contributed by atoms with Gasteiger partial charge >= 0.3 is 6.18 Å². The maximum atomic E-state index is 15.5. The molecule has 1 aromatic carbocycles. The van der Waals surface area contributed by atoms with E-state index in [2.05, 4.69) is 15.3 Å². The van der Waals surface area contributed by atoms with Gasteiger partial charge in [0.25, 0.3) is 0 Å². The molecule has 3 heterocycles. The number of alkyl halides is 4. The first-order valence-electron chi connectivity index (χ1n) is 11.6. The molecule has 0 saturated carbocycles. The number of hydrogen-bond acceptors (Lipinski definition) is 7. The highest BCUT2D eigenvalue weighted by Crippen LogP contribution is 2.36. The Morgan fingerprint density at radius 3 is 2.68 bits per heavy atom. The number of halogens is 6. The summed E-state index contributed by atoms with van der Waals surface area (Å²) >= 11 is 0. The van der Waals surface area contributed by atoms with Crippen LogP contribution in [0.25, 0.3) is 0 Å². The third kappa shape index (κ3) is 6.24. The number of nitrogens with two attached hydrogens (primary N) is 1. The predicted molar refractivity (Wildman–Crippen MR) is 121 cm³/mol. The second-order valence-corrected chi connectivity index (χ2v) is 9.03. The summed E-state index contributed by atoms with van der Waals surface area (Å²) < 4.78 is 89.1. The van der Waals surface area contributed by atoms with E-state index in [1.165, 1.54) is 4.90 Å². The molecular weight excluding hydrogens is 506 g/mol. The number of carbonyl (C=O) groups excluding carboxylic acids is 1. The SMILES string of the molecule is NC(=O)CN1CCC(CNc2ncnc(N3CCOCC3c3ccc(C(F)(F)F)cc3F)c2F)C(F)C1. The summed E-state index contributed by atoms with van der Waals surface area (Å²) in [7, 11) is 0. The fraction of sp³-hybridized carbons (Fsp3) is 0.522. The van der Waals surface area contributed by atoms with Gasteiger partial charge in [0.2, 0.25) is 11.7 Å². The maximum absolute atomic E-state index is 15.5. The van der Waals surface area contributed by atoms with E-state index < -0.39 is 47.4 Å². The minimum atomic E-state index is -4.71. The third-order valence-electron chi connectivity index (χ3n) is 6.53. The lowest BCUT2D eigenvalue weighted by Gasteiger charge is -2.37. The van der Waals surface area contributed by atoms with E-state index in [1.807, 2.05) is 0 Å². The van der Waals surface area contributed by atoms with E-state index in [0.717, 1.165) is 18.5 Å². The van der Waals surface area contributed by atoms with Gasteiger partial charge in [-0.25, -0.2) is 18.7 Å². The fourth-order valence-electron chi connectivity index (χ4n) is 4.61. The molecule has 1 aromatic heterocycles. The van der Waals surface area contributed by atoms with Gasteiger partial charge in [0.05, 0.1) is 31.4 Å². The summed E-state index contributed by atoms with van der Waals surface area (Å²) in [4.78, 5) is 22.0. The highest BCUT2D eigenvalue weighted by Gasteiger charge is 2.35. The van der Waals surface area contributed by atoms with Crippen LogP contribution in [0, 0.1) is 17.6 Å². The fourth-order valence-corrected chi connectivity index (χ4v) is 4.61. The maximum Gasteiger partial charge on any atom is 0.416 e. The molecule has 2 saturated heterocycles. The Balaban J connectivity index is 1.49. The number of benzene rings is 1. The number of piperidine rings is 1. The van der Waals surface area contributed by atoms with Crippen molar-refractivity contribution in [3.63, 3.8) is 0 Å². The van der Waals surface area contributed by atoms with Crippen LogP contribution in [0.5, 0.6) is 0 Å². The van der Waals surface area contributed by atoms with Crippen LogP contribution in [-0.4, -0.2) is 72.9 Å². The first-order valence-corrected chi connectivity index (χ1v) is 11.6. The highest BCUT2D eigenvalue weighted by molar-refractivity contribution is 5.75. The number of morpholine rings is 1. The number of ether oxygens (including phenoxy) is 1. The minimum Gasteiger partial charge on any atom is -0.377 e. The van der Waals surface area contributed by atoms with E-state index in [9.17, 15) is 26.7 Å². The molecule has 2 aliphatic rings. The lowest BCUT2D eigenvalue weighted by atomic mass is 9.95. The Kier molecular flexibility index (Phi) is 8.07. The number of primary amides is 1. The van der Waals surface area contributed by atoms with Crippen molar-refractivity contribution in [1.29, 1.82) is 0 Å². The van der Waals surface area contributed by atoms with E-state index in [4.69, 9.17) is 10.5 Å². The number of anilines is 2. The number of nitrogens with one attached hydrogen (secondary N) is 1. The highest BCUT2D eigenvalue weighted by atomic mass is 19.4. The monoisotopic (exact) mass is 532 g/mol. The zero-order valence-corrected chi connectivity index (χ0v) is 19.6. The molecule has 0 aliphatic carbocycles. The molecule has 3 unspecified atom stereocenters. The van der Waals surface area contributed by atoms with Crippen molar-refractivity contribution in [3.8, 4) is 0 Å². The molecule has 2 aliphatic heterocycles.